The molecule has 0 spiro atoms. The molecule has 0 unspecified atom stereocenters. The SMILES string of the molecule is C[C@@H](NC(=O)c1cccc(S(=O)(=O)Nc2ccc3c(c2)OCO3)c1)c1cccc2ccccc12. The highest BCUT2D eigenvalue weighted by atomic mass is 32.2. The number of fused-ring (bicyclic) bond motifs is 2. The molecule has 5 rings (SSSR count). The summed E-state index contributed by atoms with van der Waals surface area (Å²) >= 11 is 0. The fourth-order valence-electron chi connectivity index (χ4n) is 3.96. The molecule has 0 saturated heterocycles. The van der Waals surface area contributed by atoms with Gasteiger partial charge in [-0.1, -0.05) is 48.5 Å². The first-order valence-corrected chi connectivity index (χ1v) is 12.2. The number of nitrogens with one attached hydrogen (secondary N) is 2. The van der Waals surface area contributed by atoms with Gasteiger partial charge >= 0.3 is 0 Å². The van der Waals surface area contributed by atoms with Gasteiger partial charge in [-0.2, -0.15) is 0 Å². The Morgan fingerprint density at radius 2 is 1.65 bits per heavy atom. The molecule has 172 valence electrons. The first-order valence-electron chi connectivity index (χ1n) is 10.7. The number of amides is 1. The third-order valence-corrected chi connectivity index (χ3v) is 7.05. The van der Waals surface area contributed by atoms with Crippen molar-refractivity contribution in [1.29, 1.82) is 0 Å². The average molecular weight is 475 g/mol. The van der Waals surface area contributed by atoms with Crippen molar-refractivity contribution in [2.45, 2.75) is 17.9 Å². The van der Waals surface area contributed by atoms with E-state index in [1.54, 1.807) is 30.3 Å². The van der Waals surface area contributed by atoms with Crippen LogP contribution in [0.5, 0.6) is 11.5 Å². The van der Waals surface area contributed by atoms with Crippen LogP contribution in [0.25, 0.3) is 10.8 Å². The van der Waals surface area contributed by atoms with E-state index in [4.69, 9.17) is 9.47 Å². The second-order valence-electron chi connectivity index (χ2n) is 7.96. The summed E-state index contributed by atoms with van der Waals surface area (Å²) in [6.45, 7) is 2.00. The first kappa shape index (κ1) is 21.8. The van der Waals surface area contributed by atoms with Crippen LogP contribution >= 0.6 is 0 Å². The first-order chi connectivity index (χ1) is 16.4. The summed E-state index contributed by atoms with van der Waals surface area (Å²) in [7, 11) is -3.92. The number of carbonyl (C=O) groups is 1. The maximum Gasteiger partial charge on any atom is 0.261 e. The van der Waals surface area contributed by atoms with E-state index in [1.165, 1.54) is 12.1 Å². The van der Waals surface area contributed by atoms with Gasteiger partial charge in [0.2, 0.25) is 6.79 Å². The van der Waals surface area contributed by atoms with Gasteiger partial charge in [0.05, 0.1) is 16.6 Å². The number of ether oxygens (including phenoxy) is 2. The van der Waals surface area contributed by atoms with Crippen molar-refractivity contribution >= 4 is 32.4 Å². The van der Waals surface area contributed by atoms with Gasteiger partial charge in [-0.05, 0) is 53.6 Å². The van der Waals surface area contributed by atoms with Gasteiger partial charge in [0, 0.05) is 11.6 Å². The molecule has 0 radical (unpaired) electrons. The Bertz CT molecular complexity index is 1500. The maximum absolute atomic E-state index is 13.0. The van der Waals surface area contributed by atoms with Crippen molar-refractivity contribution in [2.75, 3.05) is 11.5 Å². The summed E-state index contributed by atoms with van der Waals surface area (Å²) in [4.78, 5) is 13.0. The zero-order valence-electron chi connectivity index (χ0n) is 18.3. The monoisotopic (exact) mass is 474 g/mol. The number of sulfonamides is 1. The third-order valence-electron chi connectivity index (χ3n) is 5.67. The van der Waals surface area contributed by atoms with E-state index in [-0.39, 0.29) is 29.2 Å². The van der Waals surface area contributed by atoms with Crippen LogP contribution < -0.4 is 19.5 Å². The molecule has 1 aliphatic rings. The molecule has 0 aromatic heterocycles. The van der Waals surface area contributed by atoms with Crippen molar-refractivity contribution in [3.05, 3.63) is 96.1 Å². The fourth-order valence-corrected chi connectivity index (χ4v) is 5.06. The Balaban J connectivity index is 1.35. The molecule has 0 bridgehead atoms. The van der Waals surface area contributed by atoms with Crippen LogP contribution in [0.3, 0.4) is 0 Å². The van der Waals surface area contributed by atoms with Crippen molar-refractivity contribution in [3.8, 4) is 11.5 Å². The molecule has 0 saturated carbocycles. The molecule has 1 amide bonds. The molecule has 7 nitrogen and oxygen atoms in total. The normalized spacial score (nSPS) is 13.4. The summed E-state index contributed by atoms with van der Waals surface area (Å²) in [5.74, 6) is 0.665. The van der Waals surface area contributed by atoms with E-state index in [9.17, 15) is 13.2 Å². The molecule has 4 aromatic rings. The molecule has 2 N–H and O–H groups in total. The van der Waals surface area contributed by atoms with Crippen molar-refractivity contribution in [2.24, 2.45) is 0 Å². The van der Waals surface area contributed by atoms with E-state index in [1.807, 2.05) is 49.4 Å². The lowest BCUT2D eigenvalue weighted by molar-refractivity contribution is 0.0940. The summed E-state index contributed by atoms with van der Waals surface area (Å²) in [5.41, 5.74) is 1.57. The molecule has 0 aliphatic carbocycles. The molecular weight excluding hydrogens is 452 g/mol. The highest BCUT2D eigenvalue weighted by Gasteiger charge is 2.20. The smallest absolute Gasteiger partial charge is 0.261 e. The van der Waals surface area contributed by atoms with Crippen LogP contribution in [0.4, 0.5) is 5.69 Å². The standard InChI is InChI=1S/C26H22N2O5S/c1-17(22-11-5-7-18-6-2-3-10-23(18)22)27-26(29)19-8-4-9-21(14-19)34(30,31)28-20-12-13-24-25(15-20)33-16-32-24/h2-15,17,28H,16H2,1H3,(H,27,29)/t17-/m1/s1. The van der Waals surface area contributed by atoms with Crippen molar-refractivity contribution in [1.82, 2.24) is 5.32 Å². The van der Waals surface area contributed by atoms with Gasteiger partial charge in [0.25, 0.3) is 15.9 Å². The van der Waals surface area contributed by atoms with Gasteiger partial charge in [-0.25, -0.2) is 8.42 Å². The van der Waals surface area contributed by atoms with Gasteiger partial charge in [0.15, 0.2) is 11.5 Å². The third kappa shape index (κ3) is 4.27. The lowest BCUT2D eigenvalue weighted by Gasteiger charge is -2.17. The summed E-state index contributed by atoms with van der Waals surface area (Å²) in [6, 6.07) is 24.4. The van der Waals surface area contributed by atoms with E-state index in [2.05, 4.69) is 10.0 Å². The molecule has 0 fully saturated rings. The number of benzene rings is 4. The quantitative estimate of drug-likeness (QED) is 0.416. The predicted octanol–water partition coefficient (Wildman–Crippen LogP) is 4.86. The number of hydrogen-bond donors (Lipinski definition) is 2. The minimum atomic E-state index is -3.92. The van der Waals surface area contributed by atoms with E-state index >= 15 is 0 Å². The van der Waals surface area contributed by atoms with Crippen molar-refractivity contribution < 1.29 is 22.7 Å². The zero-order chi connectivity index (χ0) is 23.7. The highest BCUT2D eigenvalue weighted by Crippen LogP contribution is 2.35. The number of rotatable bonds is 6. The summed E-state index contributed by atoms with van der Waals surface area (Å²) < 4.78 is 39.0. The second kappa shape index (κ2) is 8.72. The highest BCUT2D eigenvalue weighted by molar-refractivity contribution is 7.92. The lowest BCUT2D eigenvalue weighted by Crippen LogP contribution is -2.27. The number of anilines is 1. The Morgan fingerprint density at radius 3 is 2.53 bits per heavy atom. The van der Waals surface area contributed by atoms with Crippen LogP contribution in [0.2, 0.25) is 0 Å². The van der Waals surface area contributed by atoms with Gasteiger partial charge in [0.1, 0.15) is 0 Å². The summed E-state index contributed by atoms with van der Waals surface area (Å²) in [5, 5.41) is 5.12. The molecule has 1 atom stereocenters. The van der Waals surface area contributed by atoms with E-state index in [0.29, 0.717) is 17.2 Å². The largest absolute Gasteiger partial charge is 0.454 e. The van der Waals surface area contributed by atoms with Crippen LogP contribution in [0, 0.1) is 0 Å². The Labute approximate surface area is 197 Å². The maximum atomic E-state index is 13.0. The molecule has 34 heavy (non-hydrogen) atoms. The second-order valence-corrected chi connectivity index (χ2v) is 9.65. The fraction of sp³-hybridized carbons (Fsp3) is 0.115. The van der Waals surface area contributed by atoms with Crippen LogP contribution in [-0.4, -0.2) is 21.1 Å². The van der Waals surface area contributed by atoms with Gasteiger partial charge in [-0.3, -0.25) is 9.52 Å². The van der Waals surface area contributed by atoms with Crippen LogP contribution in [0.1, 0.15) is 28.9 Å². The predicted molar refractivity (Wildman–Crippen MR) is 130 cm³/mol. The van der Waals surface area contributed by atoms with Crippen LogP contribution in [-0.2, 0) is 10.0 Å². The molecule has 1 heterocycles. The Morgan fingerprint density at radius 1 is 0.882 bits per heavy atom. The van der Waals surface area contributed by atoms with E-state index < -0.39 is 10.0 Å². The van der Waals surface area contributed by atoms with Crippen molar-refractivity contribution in [3.63, 3.8) is 0 Å². The molecular formula is C26H22N2O5S. The minimum absolute atomic E-state index is 0.0179. The van der Waals surface area contributed by atoms with Gasteiger partial charge < -0.3 is 14.8 Å². The van der Waals surface area contributed by atoms with E-state index in [0.717, 1.165) is 16.3 Å². The molecule has 8 heteroatoms. The molecule has 1 aliphatic heterocycles. The van der Waals surface area contributed by atoms with Crippen LogP contribution in [0.15, 0.2) is 89.8 Å². The topological polar surface area (TPSA) is 93.7 Å². The Kier molecular flexibility index (Phi) is 5.59. The average Bonchev–Trinajstić information content (AvgIpc) is 3.31. The molecule has 4 aromatic carbocycles. The minimum Gasteiger partial charge on any atom is -0.454 e. The number of hydrogen-bond acceptors (Lipinski definition) is 5. The lowest BCUT2D eigenvalue weighted by atomic mass is 9.99. The van der Waals surface area contributed by atoms with Gasteiger partial charge in [-0.15, -0.1) is 0 Å². The summed E-state index contributed by atoms with van der Waals surface area (Å²) in [6.07, 6.45) is 0. The zero-order valence-corrected chi connectivity index (χ0v) is 19.1. The number of carbonyl (C=O) groups excluding carboxylic acids is 1. The Hall–Kier alpha value is -4.04.